The highest BCUT2D eigenvalue weighted by atomic mass is 35.5. The van der Waals surface area contributed by atoms with Crippen molar-refractivity contribution in [1.29, 1.82) is 0 Å². The Labute approximate surface area is 150 Å². The SMILES string of the molecule is CC(=O)Nc1ccc(Cl)c(NC(=O)CCc2c[nH]c3ccccc23)c1. The third kappa shape index (κ3) is 4.19. The largest absolute Gasteiger partial charge is 0.361 e. The molecule has 0 saturated carbocycles. The second kappa shape index (κ2) is 7.40. The van der Waals surface area contributed by atoms with Gasteiger partial charge in [0.05, 0.1) is 10.7 Å². The Morgan fingerprint density at radius 3 is 2.72 bits per heavy atom. The lowest BCUT2D eigenvalue weighted by molar-refractivity contribution is -0.116. The van der Waals surface area contributed by atoms with Crippen LogP contribution in [0.2, 0.25) is 5.02 Å². The average Bonchev–Trinajstić information content (AvgIpc) is 2.99. The van der Waals surface area contributed by atoms with Gasteiger partial charge in [-0.05, 0) is 36.2 Å². The van der Waals surface area contributed by atoms with Gasteiger partial charge in [-0.3, -0.25) is 9.59 Å². The second-order valence-corrected chi connectivity index (χ2v) is 6.19. The van der Waals surface area contributed by atoms with Gasteiger partial charge in [0.2, 0.25) is 11.8 Å². The van der Waals surface area contributed by atoms with E-state index >= 15 is 0 Å². The van der Waals surface area contributed by atoms with Gasteiger partial charge < -0.3 is 15.6 Å². The van der Waals surface area contributed by atoms with Gasteiger partial charge in [0.25, 0.3) is 0 Å². The van der Waals surface area contributed by atoms with Gasteiger partial charge in [-0.2, -0.15) is 0 Å². The smallest absolute Gasteiger partial charge is 0.224 e. The Balaban J connectivity index is 1.65. The van der Waals surface area contributed by atoms with Crippen molar-refractivity contribution in [2.45, 2.75) is 19.8 Å². The summed E-state index contributed by atoms with van der Waals surface area (Å²) in [6.07, 6.45) is 2.89. The van der Waals surface area contributed by atoms with Crippen molar-refractivity contribution >= 4 is 45.7 Å². The van der Waals surface area contributed by atoms with Crippen molar-refractivity contribution in [3.63, 3.8) is 0 Å². The Bertz CT molecular complexity index is 933. The molecule has 128 valence electrons. The van der Waals surface area contributed by atoms with Crippen LogP contribution in [0.4, 0.5) is 11.4 Å². The van der Waals surface area contributed by atoms with Crippen LogP contribution in [0, 0.1) is 0 Å². The van der Waals surface area contributed by atoms with E-state index in [9.17, 15) is 9.59 Å². The fourth-order valence-electron chi connectivity index (χ4n) is 2.70. The molecule has 1 aromatic heterocycles. The van der Waals surface area contributed by atoms with Crippen LogP contribution in [0.5, 0.6) is 0 Å². The molecule has 2 amide bonds. The van der Waals surface area contributed by atoms with E-state index in [4.69, 9.17) is 11.6 Å². The maximum absolute atomic E-state index is 12.3. The van der Waals surface area contributed by atoms with E-state index in [-0.39, 0.29) is 11.8 Å². The summed E-state index contributed by atoms with van der Waals surface area (Å²) in [5.41, 5.74) is 3.23. The quantitative estimate of drug-likeness (QED) is 0.636. The molecule has 2 aromatic carbocycles. The van der Waals surface area contributed by atoms with Gasteiger partial charge in [0, 0.05) is 36.1 Å². The number of fused-ring (bicyclic) bond motifs is 1. The molecule has 0 spiro atoms. The number of H-pyrrole nitrogens is 1. The van der Waals surface area contributed by atoms with Gasteiger partial charge in [0.15, 0.2) is 0 Å². The van der Waals surface area contributed by atoms with Gasteiger partial charge in [-0.1, -0.05) is 29.8 Å². The van der Waals surface area contributed by atoms with Gasteiger partial charge >= 0.3 is 0 Å². The van der Waals surface area contributed by atoms with Crippen LogP contribution in [-0.2, 0) is 16.0 Å². The topological polar surface area (TPSA) is 74.0 Å². The number of hydrogen-bond donors (Lipinski definition) is 3. The third-order valence-corrected chi connectivity index (χ3v) is 4.19. The Hall–Kier alpha value is -2.79. The molecule has 25 heavy (non-hydrogen) atoms. The van der Waals surface area contributed by atoms with E-state index in [0.29, 0.717) is 29.2 Å². The number of nitrogens with one attached hydrogen (secondary N) is 3. The number of hydrogen-bond acceptors (Lipinski definition) is 2. The first-order valence-corrected chi connectivity index (χ1v) is 8.33. The first-order chi connectivity index (χ1) is 12.0. The van der Waals surface area contributed by atoms with Gasteiger partial charge in [-0.25, -0.2) is 0 Å². The zero-order valence-electron chi connectivity index (χ0n) is 13.7. The summed E-state index contributed by atoms with van der Waals surface area (Å²) >= 11 is 6.12. The zero-order chi connectivity index (χ0) is 17.8. The summed E-state index contributed by atoms with van der Waals surface area (Å²) in [4.78, 5) is 26.6. The third-order valence-electron chi connectivity index (χ3n) is 3.86. The van der Waals surface area contributed by atoms with Crippen molar-refractivity contribution < 1.29 is 9.59 Å². The number of amides is 2. The van der Waals surface area contributed by atoms with Crippen molar-refractivity contribution in [3.05, 3.63) is 59.2 Å². The van der Waals surface area contributed by atoms with E-state index in [1.54, 1.807) is 18.2 Å². The van der Waals surface area contributed by atoms with Crippen LogP contribution in [0.3, 0.4) is 0 Å². The van der Waals surface area contributed by atoms with Crippen molar-refractivity contribution in [3.8, 4) is 0 Å². The molecular weight excluding hydrogens is 338 g/mol. The molecule has 1 heterocycles. The first kappa shape index (κ1) is 17.0. The van der Waals surface area contributed by atoms with Gasteiger partial charge in [0.1, 0.15) is 0 Å². The highest BCUT2D eigenvalue weighted by molar-refractivity contribution is 6.33. The summed E-state index contributed by atoms with van der Waals surface area (Å²) in [5.74, 6) is -0.314. The predicted molar refractivity (Wildman–Crippen MR) is 101 cm³/mol. The van der Waals surface area contributed by atoms with Crippen LogP contribution >= 0.6 is 11.6 Å². The fraction of sp³-hybridized carbons (Fsp3) is 0.158. The molecule has 0 aliphatic rings. The van der Waals surface area contributed by atoms with Crippen molar-refractivity contribution in [2.24, 2.45) is 0 Å². The number of benzene rings is 2. The molecule has 3 N–H and O–H groups in total. The van der Waals surface area contributed by atoms with E-state index in [0.717, 1.165) is 16.5 Å². The Morgan fingerprint density at radius 2 is 1.92 bits per heavy atom. The van der Waals surface area contributed by atoms with E-state index in [1.165, 1.54) is 6.92 Å². The number of carbonyl (C=O) groups is 2. The monoisotopic (exact) mass is 355 g/mol. The summed E-state index contributed by atoms with van der Waals surface area (Å²) in [6, 6.07) is 13.0. The summed E-state index contributed by atoms with van der Waals surface area (Å²) < 4.78 is 0. The molecule has 3 aromatic rings. The normalized spacial score (nSPS) is 10.6. The lowest BCUT2D eigenvalue weighted by Crippen LogP contribution is -2.13. The number of aryl methyl sites for hydroxylation is 1. The van der Waals surface area contributed by atoms with Crippen LogP contribution in [0.15, 0.2) is 48.7 Å². The molecule has 0 radical (unpaired) electrons. The Morgan fingerprint density at radius 1 is 1.12 bits per heavy atom. The number of anilines is 2. The molecule has 0 aliphatic carbocycles. The maximum atomic E-state index is 12.3. The van der Waals surface area contributed by atoms with Crippen molar-refractivity contribution in [2.75, 3.05) is 10.6 Å². The van der Waals surface area contributed by atoms with E-state index in [1.807, 2.05) is 30.5 Å². The predicted octanol–water partition coefficient (Wildman–Crippen LogP) is 4.35. The van der Waals surface area contributed by atoms with E-state index in [2.05, 4.69) is 15.6 Å². The van der Waals surface area contributed by atoms with Crippen LogP contribution in [0.1, 0.15) is 18.9 Å². The van der Waals surface area contributed by atoms with Crippen molar-refractivity contribution in [1.82, 2.24) is 4.98 Å². The van der Waals surface area contributed by atoms with Gasteiger partial charge in [-0.15, -0.1) is 0 Å². The summed E-state index contributed by atoms with van der Waals surface area (Å²) in [7, 11) is 0. The zero-order valence-corrected chi connectivity index (χ0v) is 14.5. The standard InChI is InChI=1S/C19H18ClN3O2/c1-12(24)22-14-7-8-16(20)18(10-14)23-19(25)9-6-13-11-21-17-5-3-2-4-15(13)17/h2-5,7-8,10-11,21H,6,9H2,1H3,(H,22,24)(H,23,25). The van der Waals surface area contributed by atoms with Crippen LogP contribution < -0.4 is 10.6 Å². The summed E-state index contributed by atoms with van der Waals surface area (Å²) in [5, 5.41) is 7.02. The molecular formula is C19H18ClN3O2. The molecule has 3 rings (SSSR count). The minimum absolute atomic E-state index is 0.132. The molecule has 0 aliphatic heterocycles. The highest BCUT2D eigenvalue weighted by Crippen LogP contribution is 2.26. The molecule has 6 heteroatoms. The number of rotatable bonds is 5. The lowest BCUT2D eigenvalue weighted by Gasteiger charge is -2.10. The number of aromatic amines is 1. The van der Waals surface area contributed by atoms with Crippen LogP contribution in [-0.4, -0.2) is 16.8 Å². The lowest BCUT2D eigenvalue weighted by atomic mass is 10.1. The minimum atomic E-state index is -0.182. The minimum Gasteiger partial charge on any atom is -0.361 e. The fourth-order valence-corrected chi connectivity index (χ4v) is 2.87. The highest BCUT2D eigenvalue weighted by Gasteiger charge is 2.10. The average molecular weight is 356 g/mol. The first-order valence-electron chi connectivity index (χ1n) is 7.95. The molecule has 5 nitrogen and oxygen atoms in total. The molecule has 0 bridgehead atoms. The number of aromatic nitrogens is 1. The Kier molecular flexibility index (Phi) is 5.05. The molecule has 0 atom stereocenters. The molecule has 0 unspecified atom stereocenters. The van der Waals surface area contributed by atoms with E-state index < -0.39 is 0 Å². The molecule has 0 fully saturated rings. The number of carbonyl (C=O) groups excluding carboxylic acids is 2. The van der Waals surface area contributed by atoms with Crippen LogP contribution in [0.25, 0.3) is 10.9 Å². The second-order valence-electron chi connectivity index (χ2n) is 5.78. The maximum Gasteiger partial charge on any atom is 0.224 e. The molecule has 0 saturated heterocycles. The summed E-state index contributed by atoms with van der Waals surface area (Å²) in [6.45, 7) is 1.42. The number of halogens is 1. The number of para-hydroxylation sites is 1.